The van der Waals surface area contributed by atoms with Gasteiger partial charge in [-0.2, -0.15) is 5.10 Å². The smallest absolute Gasteiger partial charge is 0.141 e. The Morgan fingerprint density at radius 3 is 2.75 bits per heavy atom. The minimum Gasteiger partial charge on any atom is -0.266 e. The van der Waals surface area contributed by atoms with Gasteiger partial charge in [0.1, 0.15) is 15.3 Å². The summed E-state index contributed by atoms with van der Waals surface area (Å²) in [6.07, 6.45) is 1.58. The third-order valence-corrected chi connectivity index (χ3v) is 3.41. The molecule has 0 unspecified atom stereocenters. The van der Waals surface area contributed by atoms with Gasteiger partial charge < -0.3 is 0 Å². The molecule has 1 aromatic carbocycles. The first-order valence-electron chi connectivity index (χ1n) is 4.38. The van der Waals surface area contributed by atoms with E-state index in [-0.39, 0.29) is 12.1 Å². The lowest BCUT2D eigenvalue weighted by Gasteiger charge is -2.03. The van der Waals surface area contributed by atoms with Gasteiger partial charge in [-0.05, 0) is 40.8 Å². The molecule has 6 heteroatoms. The van der Waals surface area contributed by atoms with Crippen LogP contribution >= 0.6 is 34.2 Å². The zero-order valence-electron chi connectivity index (χ0n) is 7.92. The average Bonchev–Trinajstić information content (AvgIpc) is 2.52. The molecule has 0 aliphatic carbocycles. The summed E-state index contributed by atoms with van der Waals surface area (Å²) in [6, 6.07) is 3.33. The van der Waals surface area contributed by atoms with E-state index in [4.69, 9.17) is 11.6 Å². The Morgan fingerprint density at radius 1 is 1.38 bits per heavy atom. The maximum atomic E-state index is 13.3. The van der Waals surface area contributed by atoms with E-state index in [0.717, 1.165) is 18.2 Å². The van der Waals surface area contributed by atoms with Crippen LogP contribution in [0.15, 0.2) is 24.4 Å². The number of benzene rings is 1. The van der Waals surface area contributed by atoms with Crippen LogP contribution in [-0.4, -0.2) is 9.78 Å². The van der Waals surface area contributed by atoms with Crippen molar-refractivity contribution in [3.8, 4) is 0 Å². The third kappa shape index (κ3) is 2.52. The van der Waals surface area contributed by atoms with Crippen LogP contribution in [0.5, 0.6) is 0 Å². The molecule has 0 amide bonds. The maximum absolute atomic E-state index is 13.3. The fourth-order valence-electron chi connectivity index (χ4n) is 1.29. The first kappa shape index (κ1) is 11.8. The predicted molar refractivity (Wildman–Crippen MR) is 65.4 cm³/mol. The predicted octanol–water partition coefficient (Wildman–Crippen LogP) is 3.47. The summed E-state index contributed by atoms with van der Waals surface area (Å²) in [5.41, 5.74) is 0.246. The Labute approximate surface area is 109 Å². The van der Waals surface area contributed by atoms with Crippen molar-refractivity contribution in [2.24, 2.45) is 0 Å². The summed E-state index contributed by atoms with van der Waals surface area (Å²) in [5, 5.41) is 4.56. The van der Waals surface area contributed by atoms with Gasteiger partial charge in [-0.1, -0.05) is 11.6 Å². The van der Waals surface area contributed by atoms with E-state index in [1.54, 1.807) is 6.20 Å². The number of rotatable bonds is 2. The average molecular weight is 355 g/mol. The number of halogens is 4. The fourth-order valence-corrected chi connectivity index (χ4v) is 1.86. The van der Waals surface area contributed by atoms with E-state index in [2.05, 4.69) is 5.10 Å². The van der Waals surface area contributed by atoms with Crippen LogP contribution in [-0.2, 0) is 6.54 Å². The minimum atomic E-state index is -0.468. The van der Waals surface area contributed by atoms with Crippen molar-refractivity contribution in [1.82, 2.24) is 9.78 Å². The van der Waals surface area contributed by atoms with E-state index in [1.165, 1.54) is 4.68 Å². The molecule has 0 saturated heterocycles. The minimum absolute atomic E-state index is 0.159. The molecule has 16 heavy (non-hydrogen) atoms. The van der Waals surface area contributed by atoms with Gasteiger partial charge in [-0.15, -0.1) is 0 Å². The monoisotopic (exact) mass is 354 g/mol. The SMILES string of the molecule is Fc1ccc(F)c(Cn2cc(Cl)c(I)n2)c1. The van der Waals surface area contributed by atoms with Gasteiger partial charge >= 0.3 is 0 Å². The molecule has 1 aromatic heterocycles. The van der Waals surface area contributed by atoms with Gasteiger partial charge in [0.2, 0.25) is 0 Å². The molecule has 84 valence electrons. The first-order chi connectivity index (χ1) is 7.56. The topological polar surface area (TPSA) is 17.8 Å². The van der Waals surface area contributed by atoms with Crippen LogP contribution < -0.4 is 0 Å². The van der Waals surface area contributed by atoms with Crippen molar-refractivity contribution in [3.05, 3.63) is 50.3 Å². The standard InChI is InChI=1S/C10H6ClF2IN2/c11-8-5-16(15-10(8)14)4-6-3-7(12)1-2-9(6)13/h1-3,5H,4H2. The molecule has 0 N–H and O–H groups in total. The zero-order chi connectivity index (χ0) is 11.7. The van der Waals surface area contributed by atoms with Crippen LogP contribution in [0.2, 0.25) is 5.02 Å². The molecule has 0 radical (unpaired) electrons. The summed E-state index contributed by atoms with van der Waals surface area (Å²) in [4.78, 5) is 0. The molecule has 0 spiro atoms. The molecule has 0 atom stereocenters. The molecular formula is C10H6ClF2IN2. The van der Waals surface area contributed by atoms with E-state index < -0.39 is 11.6 Å². The Balaban J connectivity index is 2.29. The lowest BCUT2D eigenvalue weighted by Crippen LogP contribution is -2.03. The van der Waals surface area contributed by atoms with Crippen LogP contribution in [0.25, 0.3) is 0 Å². The zero-order valence-corrected chi connectivity index (χ0v) is 10.8. The van der Waals surface area contributed by atoms with E-state index >= 15 is 0 Å². The van der Waals surface area contributed by atoms with Crippen LogP contribution in [0.4, 0.5) is 8.78 Å². The van der Waals surface area contributed by atoms with Crippen molar-refractivity contribution in [1.29, 1.82) is 0 Å². The lowest BCUT2D eigenvalue weighted by molar-refractivity contribution is 0.565. The lowest BCUT2D eigenvalue weighted by atomic mass is 10.2. The largest absolute Gasteiger partial charge is 0.266 e. The highest BCUT2D eigenvalue weighted by Gasteiger charge is 2.08. The summed E-state index contributed by atoms with van der Waals surface area (Å²) in [5.74, 6) is -0.924. The van der Waals surface area contributed by atoms with Crippen molar-refractivity contribution in [2.75, 3.05) is 0 Å². The highest BCUT2D eigenvalue weighted by molar-refractivity contribution is 14.1. The van der Waals surface area contributed by atoms with Gasteiger partial charge in [-0.25, -0.2) is 8.78 Å². The van der Waals surface area contributed by atoms with Crippen molar-refractivity contribution >= 4 is 34.2 Å². The van der Waals surface area contributed by atoms with E-state index in [9.17, 15) is 8.78 Å². The first-order valence-corrected chi connectivity index (χ1v) is 5.84. The molecule has 0 bridgehead atoms. The van der Waals surface area contributed by atoms with Crippen LogP contribution in [0.1, 0.15) is 5.56 Å². The van der Waals surface area contributed by atoms with Gasteiger partial charge in [0, 0.05) is 11.8 Å². The van der Waals surface area contributed by atoms with Crippen molar-refractivity contribution in [3.63, 3.8) is 0 Å². The molecule has 2 aromatic rings. The Morgan fingerprint density at radius 2 is 2.12 bits per heavy atom. The molecule has 2 rings (SSSR count). The summed E-state index contributed by atoms with van der Waals surface area (Å²) in [7, 11) is 0. The Kier molecular flexibility index (Phi) is 3.44. The molecule has 0 saturated carbocycles. The Hall–Kier alpha value is -0.690. The van der Waals surface area contributed by atoms with Gasteiger partial charge in [0.05, 0.1) is 11.6 Å². The number of hydrogen-bond donors (Lipinski definition) is 0. The molecule has 1 heterocycles. The number of hydrogen-bond acceptors (Lipinski definition) is 1. The quantitative estimate of drug-likeness (QED) is 0.755. The summed E-state index contributed by atoms with van der Waals surface area (Å²) < 4.78 is 28.3. The molecule has 0 aliphatic rings. The number of nitrogens with zero attached hydrogens (tertiary/aromatic N) is 2. The second kappa shape index (κ2) is 4.67. The highest BCUT2D eigenvalue weighted by atomic mass is 127. The van der Waals surface area contributed by atoms with Crippen LogP contribution in [0, 0.1) is 15.3 Å². The van der Waals surface area contributed by atoms with Gasteiger partial charge in [0.15, 0.2) is 0 Å². The van der Waals surface area contributed by atoms with Gasteiger partial charge in [0.25, 0.3) is 0 Å². The second-order valence-electron chi connectivity index (χ2n) is 3.20. The molecule has 0 aliphatic heterocycles. The van der Waals surface area contributed by atoms with Crippen molar-refractivity contribution < 1.29 is 8.78 Å². The maximum Gasteiger partial charge on any atom is 0.141 e. The number of aromatic nitrogens is 2. The molecular weight excluding hydrogens is 348 g/mol. The second-order valence-corrected chi connectivity index (χ2v) is 4.63. The van der Waals surface area contributed by atoms with Crippen molar-refractivity contribution in [2.45, 2.75) is 6.54 Å². The Bertz CT molecular complexity index is 508. The van der Waals surface area contributed by atoms with Crippen LogP contribution in [0.3, 0.4) is 0 Å². The van der Waals surface area contributed by atoms with E-state index in [0.29, 0.717) is 8.72 Å². The van der Waals surface area contributed by atoms with Gasteiger partial charge in [-0.3, -0.25) is 4.68 Å². The highest BCUT2D eigenvalue weighted by Crippen LogP contribution is 2.17. The van der Waals surface area contributed by atoms with E-state index in [1.807, 2.05) is 22.6 Å². The summed E-state index contributed by atoms with van der Waals surface area (Å²) in [6.45, 7) is 0.159. The molecule has 0 fully saturated rings. The molecule has 2 nitrogen and oxygen atoms in total. The normalized spacial score (nSPS) is 10.8. The summed E-state index contributed by atoms with van der Waals surface area (Å²) >= 11 is 7.78. The fraction of sp³-hybridized carbons (Fsp3) is 0.100. The third-order valence-electron chi connectivity index (χ3n) is 2.02.